The van der Waals surface area contributed by atoms with E-state index in [0.717, 1.165) is 22.3 Å². The Hall–Kier alpha value is -5.61. The Bertz CT molecular complexity index is 1880. The van der Waals surface area contributed by atoms with E-state index in [2.05, 4.69) is 10.1 Å². The highest BCUT2D eigenvalue weighted by atomic mass is 19.4. The molecule has 0 radical (unpaired) electrons. The number of alkyl halides is 3. The van der Waals surface area contributed by atoms with Crippen LogP contribution in [0, 0.1) is 0 Å². The number of aliphatic hydroxyl groups is 1. The van der Waals surface area contributed by atoms with E-state index in [1.54, 1.807) is 12.1 Å². The van der Waals surface area contributed by atoms with Crippen molar-refractivity contribution >= 4 is 11.8 Å². The fraction of sp³-hybridized carbons (Fsp3) is 0.200. The van der Waals surface area contributed by atoms with Gasteiger partial charge in [-0.05, 0) is 64.2 Å². The van der Waals surface area contributed by atoms with Gasteiger partial charge in [0.1, 0.15) is 11.5 Å². The summed E-state index contributed by atoms with van der Waals surface area (Å²) in [6.07, 6.45) is -4.93. The van der Waals surface area contributed by atoms with E-state index in [-0.39, 0.29) is 31.2 Å². The fourth-order valence-electron chi connectivity index (χ4n) is 5.81. The van der Waals surface area contributed by atoms with E-state index in [1.807, 2.05) is 97.1 Å². The maximum Gasteiger partial charge on any atom is 0.573 e. The molecule has 0 unspecified atom stereocenters. The zero-order chi connectivity index (χ0) is 35.0. The zero-order valence-corrected chi connectivity index (χ0v) is 27.0. The van der Waals surface area contributed by atoms with Gasteiger partial charge in [0.25, 0.3) is 5.91 Å². The molecular formula is C40H35F3N2O5. The number of rotatable bonds is 13. The highest BCUT2D eigenvalue weighted by Gasteiger charge is 2.53. The van der Waals surface area contributed by atoms with Crippen molar-refractivity contribution in [3.8, 4) is 22.6 Å². The van der Waals surface area contributed by atoms with Crippen molar-refractivity contribution in [1.29, 1.82) is 0 Å². The summed E-state index contributed by atoms with van der Waals surface area (Å²) in [6, 6.07) is 39.9. The molecular weight excluding hydrogens is 645 g/mol. The first-order valence-electron chi connectivity index (χ1n) is 16.2. The molecule has 1 aliphatic rings. The van der Waals surface area contributed by atoms with Crippen LogP contribution in [-0.4, -0.2) is 42.0 Å². The number of hydrogen-bond acceptors (Lipinski definition) is 6. The number of carbonyl (C=O) groups excluding carboxylic acids is 1. The third kappa shape index (κ3) is 8.33. The van der Waals surface area contributed by atoms with Crippen molar-refractivity contribution in [3.05, 3.63) is 156 Å². The first-order chi connectivity index (χ1) is 24.2. The molecule has 0 saturated heterocycles. The summed E-state index contributed by atoms with van der Waals surface area (Å²) in [6.45, 7) is 0.429. The number of amides is 1. The third-order valence-corrected chi connectivity index (χ3v) is 8.28. The molecule has 50 heavy (non-hydrogen) atoms. The minimum absolute atomic E-state index is 0.0276. The second-order valence-electron chi connectivity index (χ2n) is 11.8. The minimum Gasteiger partial charge on any atom is -0.494 e. The first-order valence-corrected chi connectivity index (χ1v) is 16.2. The molecule has 1 amide bonds. The molecule has 7 nitrogen and oxygen atoms in total. The number of aliphatic hydroxyl groups excluding tert-OH is 1. The highest BCUT2D eigenvalue weighted by molar-refractivity contribution is 6.01. The average Bonchev–Trinajstić information content (AvgIpc) is 3.52. The van der Waals surface area contributed by atoms with E-state index in [1.165, 1.54) is 24.3 Å². The third-order valence-electron chi connectivity index (χ3n) is 8.28. The lowest BCUT2D eigenvalue weighted by Crippen LogP contribution is -2.49. The van der Waals surface area contributed by atoms with Crippen molar-refractivity contribution in [2.75, 3.05) is 13.2 Å². The summed E-state index contributed by atoms with van der Waals surface area (Å²) in [5, 5.41) is 12.1. The van der Waals surface area contributed by atoms with Gasteiger partial charge in [-0.15, -0.1) is 13.2 Å². The summed E-state index contributed by atoms with van der Waals surface area (Å²) < 4.78 is 54.4. The first kappa shape index (κ1) is 34.3. The lowest BCUT2D eigenvalue weighted by atomic mass is 9.81. The van der Waals surface area contributed by atoms with Crippen LogP contribution in [0.5, 0.6) is 11.5 Å². The molecule has 0 spiro atoms. The molecule has 5 aromatic rings. The molecule has 0 aliphatic carbocycles. The second kappa shape index (κ2) is 15.3. The summed E-state index contributed by atoms with van der Waals surface area (Å²) in [5.74, 6) is 0.140. The van der Waals surface area contributed by atoms with Gasteiger partial charge in [-0.25, -0.2) is 4.99 Å². The van der Waals surface area contributed by atoms with Gasteiger partial charge in [-0.2, -0.15) is 0 Å². The Kier molecular flexibility index (Phi) is 10.5. The standard InChI is InChI=1S/C40H35F3N2O5/c41-40(42,43)50-35-20-12-29(13-21-35)27-44-38(47)39(26-28-8-3-1-4-9-28)36(32-16-14-31(15-17-32)30-10-5-2-6-11-30)49-37(45-39)33-18-22-34(23-19-33)48-25-7-24-46/h1-6,8-23,36,46H,7,24-27H2,(H,44,47)/t36-,39-/m1/s1. The van der Waals surface area contributed by atoms with E-state index >= 15 is 0 Å². The SMILES string of the molecule is O=C(NCc1ccc(OC(F)(F)F)cc1)[C@]1(Cc2ccccc2)N=C(c2ccc(OCCCO)cc2)O[C@@H]1c1ccc(-c2ccccc2)cc1. The van der Waals surface area contributed by atoms with Crippen LogP contribution in [0.3, 0.4) is 0 Å². The topological polar surface area (TPSA) is 89.4 Å². The summed E-state index contributed by atoms with van der Waals surface area (Å²) in [7, 11) is 0. The molecule has 0 aromatic heterocycles. The van der Waals surface area contributed by atoms with Crippen molar-refractivity contribution in [2.45, 2.75) is 37.4 Å². The van der Waals surface area contributed by atoms with E-state index in [4.69, 9.17) is 19.6 Å². The van der Waals surface area contributed by atoms with Crippen molar-refractivity contribution in [2.24, 2.45) is 4.99 Å². The molecule has 0 bridgehead atoms. The number of nitrogens with zero attached hydrogens (tertiary/aromatic N) is 1. The predicted molar refractivity (Wildman–Crippen MR) is 184 cm³/mol. The minimum atomic E-state index is -4.81. The van der Waals surface area contributed by atoms with Crippen molar-refractivity contribution < 1.29 is 37.3 Å². The molecule has 1 heterocycles. The molecule has 10 heteroatoms. The monoisotopic (exact) mass is 680 g/mol. The Morgan fingerprint density at radius 1 is 0.760 bits per heavy atom. The Balaban J connectivity index is 1.35. The van der Waals surface area contributed by atoms with Gasteiger partial charge in [0.05, 0.1) is 6.61 Å². The number of benzene rings is 5. The van der Waals surface area contributed by atoms with Gasteiger partial charge < -0.3 is 24.6 Å². The summed E-state index contributed by atoms with van der Waals surface area (Å²) >= 11 is 0. The number of hydrogen-bond donors (Lipinski definition) is 2. The van der Waals surface area contributed by atoms with Crippen LogP contribution in [0.2, 0.25) is 0 Å². The molecule has 0 saturated carbocycles. The molecule has 5 aromatic carbocycles. The van der Waals surface area contributed by atoms with Crippen LogP contribution >= 0.6 is 0 Å². The number of aliphatic imine (C=N–C) groups is 1. The van der Waals surface area contributed by atoms with Crippen LogP contribution in [-0.2, 0) is 22.5 Å². The largest absolute Gasteiger partial charge is 0.573 e. The summed E-state index contributed by atoms with van der Waals surface area (Å²) in [5.41, 5.74) is 3.42. The lowest BCUT2D eigenvalue weighted by molar-refractivity contribution is -0.274. The number of nitrogens with one attached hydrogen (secondary N) is 1. The molecule has 256 valence electrons. The van der Waals surface area contributed by atoms with Gasteiger partial charge in [0.2, 0.25) is 5.90 Å². The Morgan fingerprint density at radius 3 is 2.00 bits per heavy atom. The zero-order valence-electron chi connectivity index (χ0n) is 27.0. The fourth-order valence-corrected chi connectivity index (χ4v) is 5.81. The van der Waals surface area contributed by atoms with Gasteiger partial charge in [0.15, 0.2) is 11.6 Å². The smallest absolute Gasteiger partial charge is 0.494 e. The van der Waals surface area contributed by atoms with Gasteiger partial charge >= 0.3 is 6.36 Å². The van der Waals surface area contributed by atoms with Crippen LogP contribution in [0.1, 0.15) is 34.8 Å². The van der Waals surface area contributed by atoms with Gasteiger partial charge in [-0.1, -0.05) is 97.1 Å². The van der Waals surface area contributed by atoms with Crippen LogP contribution in [0.25, 0.3) is 11.1 Å². The predicted octanol–water partition coefficient (Wildman–Crippen LogP) is 7.83. The number of ether oxygens (including phenoxy) is 3. The lowest BCUT2D eigenvalue weighted by Gasteiger charge is -2.31. The van der Waals surface area contributed by atoms with Crippen LogP contribution < -0.4 is 14.8 Å². The normalized spacial score (nSPS) is 17.0. The quantitative estimate of drug-likeness (QED) is 0.124. The van der Waals surface area contributed by atoms with E-state index in [0.29, 0.717) is 29.9 Å². The van der Waals surface area contributed by atoms with Gasteiger partial charge in [0, 0.05) is 31.6 Å². The van der Waals surface area contributed by atoms with Gasteiger partial charge in [-0.3, -0.25) is 4.79 Å². The average molecular weight is 681 g/mol. The molecule has 0 fully saturated rings. The maximum atomic E-state index is 14.5. The van der Waals surface area contributed by atoms with Crippen LogP contribution in [0.15, 0.2) is 138 Å². The van der Waals surface area contributed by atoms with Crippen molar-refractivity contribution in [1.82, 2.24) is 5.32 Å². The van der Waals surface area contributed by atoms with E-state index in [9.17, 15) is 18.0 Å². The highest BCUT2D eigenvalue weighted by Crippen LogP contribution is 2.43. The number of carbonyl (C=O) groups is 1. The van der Waals surface area contributed by atoms with Crippen LogP contribution in [0.4, 0.5) is 13.2 Å². The molecule has 1 aliphatic heterocycles. The maximum absolute atomic E-state index is 14.5. The molecule has 2 N–H and O–H groups in total. The number of halogens is 3. The Morgan fingerprint density at radius 2 is 1.36 bits per heavy atom. The molecule has 6 rings (SSSR count). The second-order valence-corrected chi connectivity index (χ2v) is 11.8. The van der Waals surface area contributed by atoms with E-state index < -0.39 is 23.9 Å². The molecule has 2 atom stereocenters. The summed E-state index contributed by atoms with van der Waals surface area (Å²) in [4.78, 5) is 19.6. The van der Waals surface area contributed by atoms with Crippen molar-refractivity contribution in [3.63, 3.8) is 0 Å². The Labute approximate surface area is 288 Å².